The minimum atomic E-state index is -0.0999. The van der Waals surface area contributed by atoms with Crippen molar-refractivity contribution in [2.45, 2.75) is 59.0 Å². The van der Waals surface area contributed by atoms with Gasteiger partial charge in [-0.2, -0.15) is 0 Å². The van der Waals surface area contributed by atoms with E-state index in [4.69, 9.17) is 0 Å². The lowest BCUT2D eigenvalue weighted by Crippen LogP contribution is -2.50. The molecule has 0 aliphatic heterocycles. The van der Waals surface area contributed by atoms with Crippen LogP contribution in [0.1, 0.15) is 47.1 Å². The molecular formula is C22H35N3. The molecule has 2 N–H and O–H groups in total. The summed E-state index contributed by atoms with van der Waals surface area (Å²) in [6.07, 6.45) is 2.26. The number of para-hydroxylation sites is 1. The highest BCUT2D eigenvalue weighted by molar-refractivity contribution is 5.85. The number of hydrogen-bond acceptors (Lipinski definition) is 2. The second-order valence-electron chi connectivity index (χ2n) is 8.87. The number of benzene rings is 1. The van der Waals surface area contributed by atoms with Crippen LogP contribution in [-0.2, 0) is 12.5 Å². The van der Waals surface area contributed by atoms with Crippen molar-refractivity contribution in [3.63, 3.8) is 0 Å². The summed E-state index contributed by atoms with van der Waals surface area (Å²) in [7, 11) is 4.14. The first kappa shape index (κ1) is 19.6. The zero-order valence-electron chi connectivity index (χ0n) is 17.2. The van der Waals surface area contributed by atoms with Crippen molar-refractivity contribution in [2.24, 2.45) is 12.5 Å². The molecule has 0 aliphatic carbocycles. The zero-order valence-corrected chi connectivity index (χ0v) is 17.2. The molecule has 0 bridgehead atoms. The molecule has 0 fully saturated rings. The molecule has 2 aromatic rings. The molecular weight excluding hydrogens is 306 g/mol. The molecule has 138 valence electrons. The SMILES string of the molecule is C=C(NC(C)C(C)(C)C)C(NC)C(C)(C)c1cn(C)c2ccccc12. The topological polar surface area (TPSA) is 29.0 Å². The molecule has 0 aliphatic rings. The van der Waals surface area contributed by atoms with Gasteiger partial charge in [0, 0.05) is 41.3 Å². The van der Waals surface area contributed by atoms with Crippen molar-refractivity contribution >= 4 is 10.9 Å². The summed E-state index contributed by atoms with van der Waals surface area (Å²) in [6.45, 7) is 18.0. The smallest absolute Gasteiger partial charge is 0.0554 e. The summed E-state index contributed by atoms with van der Waals surface area (Å²) in [6, 6.07) is 9.08. The van der Waals surface area contributed by atoms with E-state index in [1.54, 1.807) is 0 Å². The standard InChI is InChI=1S/C22H35N3/c1-15(24-16(2)21(3,4)5)20(23-8)22(6,7)18-14-25(9)19-13-11-10-12-17(18)19/h10-14,16,20,23-24H,1H2,2-9H3. The van der Waals surface area contributed by atoms with Gasteiger partial charge in [0.05, 0.1) is 6.04 Å². The van der Waals surface area contributed by atoms with Crippen LogP contribution >= 0.6 is 0 Å². The number of hydrogen-bond donors (Lipinski definition) is 2. The molecule has 1 aromatic heterocycles. The van der Waals surface area contributed by atoms with E-state index in [2.05, 4.69) is 101 Å². The van der Waals surface area contributed by atoms with E-state index in [1.807, 2.05) is 7.05 Å². The van der Waals surface area contributed by atoms with Crippen LogP contribution in [0.5, 0.6) is 0 Å². The molecule has 0 saturated heterocycles. The Morgan fingerprint density at radius 3 is 2.28 bits per heavy atom. The molecule has 0 spiro atoms. The lowest BCUT2D eigenvalue weighted by molar-refractivity contribution is 0.285. The summed E-state index contributed by atoms with van der Waals surface area (Å²) in [4.78, 5) is 0. The van der Waals surface area contributed by atoms with E-state index in [0.717, 1.165) is 5.70 Å². The van der Waals surface area contributed by atoms with E-state index < -0.39 is 0 Å². The normalized spacial score (nSPS) is 15.2. The molecule has 3 nitrogen and oxygen atoms in total. The highest BCUT2D eigenvalue weighted by Gasteiger charge is 2.35. The fourth-order valence-corrected chi connectivity index (χ4v) is 3.56. The van der Waals surface area contributed by atoms with Crippen molar-refractivity contribution in [1.29, 1.82) is 0 Å². The molecule has 1 aromatic carbocycles. The van der Waals surface area contributed by atoms with Crippen LogP contribution in [0.4, 0.5) is 0 Å². The molecule has 25 heavy (non-hydrogen) atoms. The minimum Gasteiger partial charge on any atom is -0.385 e. The van der Waals surface area contributed by atoms with Crippen LogP contribution in [0.25, 0.3) is 10.9 Å². The summed E-state index contributed by atoms with van der Waals surface area (Å²) >= 11 is 0. The zero-order chi connectivity index (χ0) is 19.0. The summed E-state index contributed by atoms with van der Waals surface area (Å²) < 4.78 is 2.22. The number of rotatable bonds is 6. The van der Waals surface area contributed by atoms with Crippen molar-refractivity contribution in [1.82, 2.24) is 15.2 Å². The molecule has 2 atom stereocenters. The Hall–Kier alpha value is -1.74. The minimum absolute atomic E-state index is 0.0999. The number of fused-ring (bicyclic) bond motifs is 1. The maximum atomic E-state index is 4.38. The predicted octanol–water partition coefficient (Wildman–Crippen LogP) is 4.58. The lowest BCUT2D eigenvalue weighted by Gasteiger charge is -2.39. The Balaban J connectivity index is 2.39. The molecule has 0 radical (unpaired) electrons. The first-order chi connectivity index (χ1) is 11.5. The van der Waals surface area contributed by atoms with E-state index >= 15 is 0 Å². The van der Waals surface area contributed by atoms with E-state index in [-0.39, 0.29) is 16.9 Å². The summed E-state index contributed by atoms with van der Waals surface area (Å²) in [5.74, 6) is 0. The molecule has 0 saturated carbocycles. The third-order valence-corrected chi connectivity index (χ3v) is 5.65. The number of aromatic nitrogens is 1. The predicted molar refractivity (Wildman–Crippen MR) is 110 cm³/mol. The van der Waals surface area contributed by atoms with Gasteiger partial charge in [-0.1, -0.05) is 59.4 Å². The van der Waals surface area contributed by atoms with Crippen molar-refractivity contribution in [2.75, 3.05) is 7.05 Å². The van der Waals surface area contributed by atoms with Crippen molar-refractivity contribution in [3.05, 3.63) is 48.3 Å². The van der Waals surface area contributed by atoms with Gasteiger partial charge < -0.3 is 15.2 Å². The van der Waals surface area contributed by atoms with E-state index in [9.17, 15) is 0 Å². The molecule has 2 unspecified atom stereocenters. The van der Waals surface area contributed by atoms with Crippen molar-refractivity contribution in [3.8, 4) is 0 Å². The van der Waals surface area contributed by atoms with Crippen LogP contribution in [0.3, 0.4) is 0 Å². The highest BCUT2D eigenvalue weighted by Crippen LogP contribution is 2.36. The monoisotopic (exact) mass is 341 g/mol. The Morgan fingerprint density at radius 2 is 1.72 bits per heavy atom. The second-order valence-corrected chi connectivity index (χ2v) is 8.87. The van der Waals surface area contributed by atoms with Crippen LogP contribution in [0.15, 0.2) is 42.7 Å². The van der Waals surface area contributed by atoms with Gasteiger partial charge in [0.25, 0.3) is 0 Å². The van der Waals surface area contributed by atoms with Gasteiger partial charge >= 0.3 is 0 Å². The van der Waals surface area contributed by atoms with Crippen LogP contribution in [0, 0.1) is 5.41 Å². The quantitative estimate of drug-likeness (QED) is 0.805. The largest absolute Gasteiger partial charge is 0.385 e. The lowest BCUT2D eigenvalue weighted by atomic mass is 9.76. The van der Waals surface area contributed by atoms with Gasteiger partial charge in [0.1, 0.15) is 0 Å². The van der Waals surface area contributed by atoms with Gasteiger partial charge in [-0.15, -0.1) is 0 Å². The Morgan fingerprint density at radius 1 is 1.12 bits per heavy atom. The summed E-state index contributed by atoms with van der Waals surface area (Å²) in [5, 5.41) is 8.45. The van der Waals surface area contributed by atoms with Crippen molar-refractivity contribution < 1.29 is 0 Å². The highest BCUT2D eigenvalue weighted by atomic mass is 15.0. The average molecular weight is 342 g/mol. The van der Waals surface area contributed by atoms with Crippen LogP contribution < -0.4 is 10.6 Å². The summed E-state index contributed by atoms with van der Waals surface area (Å²) in [5.41, 5.74) is 3.74. The van der Waals surface area contributed by atoms with Crippen LogP contribution in [0.2, 0.25) is 0 Å². The van der Waals surface area contributed by atoms with Gasteiger partial charge in [-0.25, -0.2) is 0 Å². The van der Waals surface area contributed by atoms with Gasteiger partial charge in [0.2, 0.25) is 0 Å². The van der Waals surface area contributed by atoms with Gasteiger partial charge in [-0.05, 0) is 31.0 Å². The Labute approximate surface area is 153 Å². The van der Waals surface area contributed by atoms with Crippen LogP contribution in [-0.4, -0.2) is 23.7 Å². The molecule has 3 heteroatoms. The molecule has 1 heterocycles. The van der Waals surface area contributed by atoms with Gasteiger partial charge in [-0.3, -0.25) is 0 Å². The maximum Gasteiger partial charge on any atom is 0.0554 e. The number of likely N-dealkylation sites (N-methyl/N-ethyl adjacent to an activating group) is 1. The maximum absolute atomic E-state index is 4.38. The number of nitrogens with one attached hydrogen (secondary N) is 2. The van der Waals surface area contributed by atoms with E-state index in [0.29, 0.717) is 6.04 Å². The second kappa shape index (κ2) is 6.87. The van der Waals surface area contributed by atoms with Gasteiger partial charge in [0.15, 0.2) is 0 Å². The molecule has 0 amide bonds. The average Bonchev–Trinajstić information content (AvgIpc) is 2.85. The number of aryl methyl sites for hydroxylation is 1. The number of nitrogens with zero attached hydrogens (tertiary/aromatic N) is 1. The Bertz CT molecular complexity index is 746. The first-order valence-corrected chi connectivity index (χ1v) is 9.17. The van der Waals surface area contributed by atoms with E-state index in [1.165, 1.54) is 16.5 Å². The molecule has 2 rings (SSSR count). The fraction of sp³-hybridized carbons (Fsp3) is 0.545. The third kappa shape index (κ3) is 3.77. The Kier molecular flexibility index (Phi) is 5.38. The fourth-order valence-electron chi connectivity index (χ4n) is 3.56. The third-order valence-electron chi connectivity index (χ3n) is 5.65. The first-order valence-electron chi connectivity index (χ1n) is 9.17.